The molecule has 0 saturated carbocycles. The van der Waals surface area contributed by atoms with Crippen molar-refractivity contribution in [3.05, 3.63) is 29.3 Å². The van der Waals surface area contributed by atoms with E-state index in [1.165, 1.54) is 0 Å². The molecule has 1 unspecified atom stereocenters. The molecule has 0 aliphatic carbocycles. The Morgan fingerprint density at radius 1 is 1.29 bits per heavy atom. The van der Waals surface area contributed by atoms with Crippen molar-refractivity contribution in [2.75, 3.05) is 6.54 Å². The van der Waals surface area contributed by atoms with E-state index >= 15 is 0 Å². The summed E-state index contributed by atoms with van der Waals surface area (Å²) in [5, 5.41) is 9.29. The largest absolute Gasteiger partial charge is 0.392 e. The van der Waals surface area contributed by atoms with Crippen LogP contribution >= 0.6 is 0 Å². The van der Waals surface area contributed by atoms with Crippen molar-refractivity contribution in [1.82, 2.24) is 4.31 Å². The van der Waals surface area contributed by atoms with Gasteiger partial charge in [0.2, 0.25) is 10.0 Å². The molecular weight excluding hydrogens is 286 g/mol. The minimum atomic E-state index is -3.49. The zero-order chi connectivity index (χ0) is 15.5. The van der Waals surface area contributed by atoms with E-state index < -0.39 is 10.0 Å². The first-order valence-electron chi connectivity index (χ1n) is 7.75. The first-order valence-corrected chi connectivity index (χ1v) is 9.19. The molecule has 1 aliphatic heterocycles. The number of hydrogen-bond donors (Lipinski definition) is 1. The van der Waals surface area contributed by atoms with Crippen LogP contribution in [0, 0.1) is 0 Å². The summed E-state index contributed by atoms with van der Waals surface area (Å²) >= 11 is 0. The number of aliphatic hydroxyl groups excluding tert-OH is 1. The molecule has 1 heterocycles. The highest BCUT2D eigenvalue weighted by atomic mass is 32.2. The lowest BCUT2D eigenvalue weighted by molar-refractivity contribution is 0.281. The summed E-state index contributed by atoms with van der Waals surface area (Å²) in [6.07, 6.45) is 4.69. The van der Waals surface area contributed by atoms with Gasteiger partial charge in [-0.2, -0.15) is 4.31 Å². The molecule has 0 spiro atoms. The molecule has 118 valence electrons. The van der Waals surface area contributed by atoms with Gasteiger partial charge >= 0.3 is 0 Å². The highest BCUT2D eigenvalue weighted by Gasteiger charge is 2.31. The molecule has 5 heteroatoms. The third-order valence-electron chi connectivity index (χ3n) is 4.27. The van der Waals surface area contributed by atoms with Gasteiger partial charge in [0.15, 0.2) is 0 Å². The Morgan fingerprint density at radius 2 is 2.05 bits per heavy atom. The van der Waals surface area contributed by atoms with Crippen LogP contribution in [0.25, 0.3) is 0 Å². The van der Waals surface area contributed by atoms with E-state index in [1.54, 1.807) is 16.4 Å². The van der Waals surface area contributed by atoms with Gasteiger partial charge in [0.25, 0.3) is 0 Å². The summed E-state index contributed by atoms with van der Waals surface area (Å²) in [5.74, 6) is 0. The molecule has 1 fully saturated rings. The first-order chi connectivity index (χ1) is 10.0. The Kier molecular flexibility index (Phi) is 5.41. The Hall–Kier alpha value is -0.910. The van der Waals surface area contributed by atoms with Gasteiger partial charge in [0.1, 0.15) is 0 Å². The normalized spacial score (nSPS) is 21.2. The first kappa shape index (κ1) is 16.5. The van der Waals surface area contributed by atoms with Crippen molar-refractivity contribution in [2.24, 2.45) is 0 Å². The minimum Gasteiger partial charge on any atom is -0.392 e. The molecule has 0 amide bonds. The van der Waals surface area contributed by atoms with Crippen LogP contribution in [0.2, 0.25) is 0 Å². The fraction of sp³-hybridized carbons (Fsp3) is 0.625. The number of nitrogens with zero attached hydrogens (tertiary/aromatic N) is 1. The van der Waals surface area contributed by atoms with Gasteiger partial charge in [-0.1, -0.05) is 31.9 Å². The van der Waals surface area contributed by atoms with Crippen LogP contribution in [-0.4, -0.2) is 30.4 Å². The second kappa shape index (κ2) is 6.90. The molecule has 1 N–H and O–H groups in total. The summed E-state index contributed by atoms with van der Waals surface area (Å²) in [6.45, 7) is 4.40. The van der Waals surface area contributed by atoms with Crippen LogP contribution in [0.3, 0.4) is 0 Å². The number of aryl methyl sites for hydroxylation is 1. The van der Waals surface area contributed by atoms with Gasteiger partial charge < -0.3 is 5.11 Å². The SMILES string of the molecule is CCc1ccc(CO)cc1S(=O)(=O)N1CCCCCC1C. The standard InChI is InChI=1S/C16H25NO3S/c1-3-15-9-8-14(12-18)11-16(15)21(19,20)17-10-6-4-5-7-13(17)2/h8-9,11,13,18H,3-7,10,12H2,1-2H3. The van der Waals surface area contributed by atoms with Gasteiger partial charge in [0.05, 0.1) is 11.5 Å². The Bertz CT molecular complexity index is 583. The number of sulfonamides is 1. The zero-order valence-corrected chi connectivity index (χ0v) is 13.7. The summed E-state index contributed by atoms with van der Waals surface area (Å²) in [4.78, 5) is 0.366. The molecule has 0 bridgehead atoms. The van der Waals surface area contributed by atoms with E-state index in [4.69, 9.17) is 0 Å². The van der Waals surface area contributed by atoms with E-state index in [-0.39, 0.29) is 12.6 Å². The molecule has 1 aliphatic rings. The second-order valence-electron chi connectivity index (χ2n) is 5.77. The van der Waals surface area contributed by atoms with Gasteiger partial charge in [0, 0.05) is 12.6 Å². The Morgan fingerprint density at radius 3 is 2.71 bits per heavy atom. The van der Waals surface area contributed by atoms with Gasteiger partial charge in [-0.05, 0) is 43.4 Å². The summed E-state index contributed by atoms with van der Waals surface area (Å²) in [6, 6.07) is 5.29. The number of aliphatic hydroxyl groups is 1. The molecule has 21 heavy (non-hydrogen) atoms. The van der Waals surface area contributed by atoms with Crippen LogP contribution in [0.4, 0.5) is 0 Å². The highest BCUT2D eigenvalue weighted by Crippen LogP contribution is 2.27. The Labute approximate surface area is 127 Å². The lowest BCUT2D eigenvalue weighted by Crippen LogP contribution is -2.38. The summed E-state index contributed by atoms with van der Waals surface area (Å²) in [5.41, 5.74) is 1.47. The minimum absolute atomic E-state index is 0.0417. The average Bonchev–Trinajstić information content (AvgIpc) is 2.71. The van der Waals surface area contributed by atoms with Crippen molar-refractivity contribution in [3.8, 4) is 0 Å². The van der Waals surface area contributed by atoms with Gasteiger partial charge in [-0.25, -0.2) is 8.42 Å². The molecule has 1 aromatic carbocycles. The topological polar surface area (TPSA) is 57.6 Å². The number of rotatable bonds is 4. The number of hydrogen-bond acceptors (Lipinski definition) is 3. The molecule has 0 radical (unpaired) electrons. The van der Waals surface area contributed by atoms with Crippen LogP contribution in [0.15, 0.2) is 23.1 Å². The summed E-state index contributed by atoms with van der Waals surface area (Å²) in [7, 11) is -3.49. The molecule has 0 aromatic heterocycles. The van der Waals surface area contributed by atoms with E-state index in [2.05, 4.69) is 0 Å². The fourth-order valence-electron chi connectivity index (χ4n) is 2.96. The maximum Gasteiger partial charge on any atom is 0.243 e. The highest BCUT2D eigenvalue weighted by molar-refractivity contribution is 7.89. The fourth-order valence-corrected chi connectivity index (χ4v) is 5.01. The van der Waals surface area contributed by atoms with Gasteiger partial charge in [-0.15, -0.1) is 0 Å². The second-order valence-corrected chi connectivity index (χ2v) is 7.63. The third-order valence-corrected chi connectivity index (χ3v) is 6.37. The molecule has 2 rings (SSSR count). The van der Waals surface area contributed by atoms with Crippen molar-refractivity contribution in [2.45, 2.75) is 63.5 Å². The predicted molar refractivity (Wildman–Crippen MR) is 83.6 cm³/mol. The molecule has 1 atom stereocenters. The van der Waals surface area contributed by atoms with Crippen LogP contribution in [0.5, 0.6) is 0 Å². The monoisotopic (exact) mass is 311 g/mol. The third kappa shape index (κ3) is 3.47. The number of benzene rings is 1. The smallest absolute Gasteiger partial charge is 0.243 e. The molecular formula is C16H25NO3S. The van der Waals surface area contributed by atoms with E-state index in [1.807, 2.05) is 19.9 Å². The van der Waals surface area contributed by atoms with Crippen LogP contribution in [-0.2, 0) is 23.1 Å². The van der Waals surface area contributed by atoms with Crippen molar-refractivity contribution in [1.29, 1.82) is 0 Å². The maximum atomic E-state index is 13.0. The average molecular weight is 311 g/mol. The van der Waals surface area contributed by atoms with E-state index in [9.17, 15) is 13.5 Å². The lowest BCUT2D eigenvalue weighted by Gasteiger charge is -2.27. The van der Waals surface area contributed by atoms with E-state index in [0.717, 1.165) is 31.2 Å². The Balaban J connectivity index is 2.46. The zero-order valence-electron chi connectivity index (χ0n) is 12.9. The van der Waals surface area contributed by atoms with Crippen molar-refractivity contribution < 1.29 is 13.5 Å². The van der Waals surface area contributed by atoms with Crippen LogP contribution in [0.1, 0.15) is 50.7 Å². The van der Waals surface area contributed by atoms with E-state index in [0.29, 0.717) is 23.4 Å². The lowest BCUT2D eigenvalue weighted by atomic mass is 10.1. The molecule has 1 saturated heterocycles. The molecule has 4 nitrogen and oxygen atoms in total. The van der Waals surface area contributed by atoms with Crippen molar-refractivity contribution in [3.63, 3.8) is 0 Å². The van der Waals surface area contributed by atoms with Crippen LogP contribution < -0.4 is 0 Å². The van der Waals surface area contributed by atoms with Gasteiger partial charge in [-0.3, -0.25) is 0 Å². The van der Waals surface area contributed by atoms with Crippen molar-refractivity contribution >= 4 is 10.0 Å². The quantitative estimate of drug-likeness (QED) is 0.930. The predicted octanol–water partition coefficient (Wildman–Crippen LogP) is 2.69. The maximum absolute atomic E-state index is 13.0. The molecule has 1 aromatic rings. The summed E-state index contributed by atoms with van der Waals surface area (Å²) < 4.78 is 27.7.